The van der Waals surface area contributed by atoms with Crippen molar-refractivity contribution in [1.82, 2.24) is 15.1 Å². The Hall–Kier alpha value is -2.78. The summed E-state index contributed by atoms with van der Waals surface area (Å²) in [5, 5.41) is 12.1. The quantitative estimate of drug-likeness (QED) is 0.414. The predicted molar refractivity (Wildman–Crippen MR) is 65.8 cm³/mol. The molecule has 0 saturated carbocycles. The molecule has 0 spiro atoms. The smallest absolute Gasteiger partial charge is 0.332 e. The minimum absolute atomic E-state index is 0.453. The van der Waals surface area contributed by atoms with Crippen LogP contribution < -0.4 is 10.4 Å². The number of urea groups is 1. The van der Waals surface area contributed by atoms with E-state index < -0.39 is 48.7 Å². The van der Waals surface area contributed by atoms with E-state index in [1.165, 1.54) is 14.1 Å². The molecule has 1 aliphatic rings. The Kier molecular flexibility index (Phi) is 5.11. The first-order chi connectivity index (χ1) is 9.75. The van der Waals surface area contributed by atoms with Crippen molar-refractivity contribution < 1.29 is 29.1 Å². The highest BCUT2D eigenvalue weighted by Crippen LogP contribution is 2.13. The first-order valence-corrected chi connectivity index (χ1v) is 5.81. The van der Waals surface area contributed by atoms with Gasteiger partial charge >= 0.3 is 6.03 Å². The SMILES string of the molecule is CN1C(=O)C(C=NCC(=O)NCC(=O)[O-])C(=O)N(C)C1=O. The zero-order chi connectivity index (χ0) is 16.2. The number of amides is 5. The second kappa shape index (κ2) is 6.59. The number of rotatable bonds is 5. The van der Waals surface area contributed by atoms with Crippen LogP contribution in [0.15, 0.2) is 4.99 Å². The van der Waals surface area contributed by atoms with E-state index in [2.05, 4.69) is 4.99 Å². The molecule has 0 aliphatic carbocycles. The number of aliphatic carboxylic acids is 1. The van der Waals surface area contributed by atoms with Crippen molar-refractivity contribution in [3.63, 3.8) is 0 Å². The summed E-state index contributed by atoms with van der Waals surface area (Å²) in [6.07, 6.45) is 0.961. The van der Waals surface area contributed by atoms with Gasteiger partial charge < -0.3 is 15.2 Å². The Bertz CT molecular complexity index is 505. The fraction of sp³-hybridized carbons (Fsp3) is 0.455. The average Bonchev–Trinajstić information content (AvgIpc) is 2.44. The molecule has 0 radical (unpaired) electrons. The van der Waals surface area contributed by atoms with Gasteiger partial charge in [-0.1, -0.05) is 0 Å². The van der Waals surface area contributed by atoms with Crippen molar-refractivity contribution >= 4 is 35.9 Å². The fourth-order valence-electron chi connectivity index (χ4n) is 1.53. The van der Waals surface area contributed by atoms with E-state index >= 15 is 0 Å². The number of carbonyl (C=O) groups is 5. The van der Waals surface area contributed by atoms with Crippen LogP contribution >= 0.6 is 0 Å². The number of carboxylic acids is 1. The standard InChI is InChI=1S/C11H14N4O6/c1-14-9(19)6(10(20)15(2)11(14)21)3-12-4-7(16)13-5-8(17)18/h3,6H,4-5H2,1-2H3,(H,13,16)(H,17,18)/p-1. The number of nitrogens with zero attached hydrogens (tertiary/aromatic N) is 3. The Labute approximate surface area is 119 Å². The van der Waals surface area contributed by atoms with Gasteiger partial charge in [0.25, 0.3) is 0 Å². The fourth-order valence-corrected chi connectivity index (χ4v) is 1.53. The number of carboxylic acid groups (broad SMARTS) is 1. The number of imide groups is 2. The van der Waals surface area contributed by atoms with E-state index in [1.807, 2.05) is 5.32 Å². The van der Waals surface area contributed by atoms with Gasteiger partial charge in [-0.15, -0.1) is 0 Å². The summed E-state index contributed by atoms with van der Waals surface area (Å²) in [7, 11) is 2.45. The second-order valence-electron chi connectivity index (χ2n) is 4.19. The van der Waals surface area contributed by atoms with Crippen molar-refractivity contribution in [2.24, 2.45) is 10.9 Å². The number of hydrogen-bond acceptors (Lipinski definition) is 7. The monoisotopic (exact) mass is 297 g/mol. The maximum atomic E-state index is 11.8. The van der Waals surface area contributed by atoms with Crippen LogP contribution in [0.1, 0.15) is 0 Å². The first-order valence-electron chi connectivity index (χ1n) is 5.81. The normalized spacial score (nSPS) is 16.8. The lowest BCUT2D eigenvalue weighted by atomic mass is 10.1. The van der Waals surface area contributed by atoms with Gasteiger partial charge in [0.05, 0.1) is 12.5 Å². The van der Waals surface area contributed by atoms with Crippen LogP contribution in [-0.2, 0) is 19.2 Å². The lowest BCUT2D eigenvalue weighted by Crippen LogP contribution is -2.57. The zero-order valence-corrected chi connectivity index (χ0v) is 11.4. The van der Waals surface area contributed by atoms with Gasteiger partial charge in [0.1, 0.15) is 6.54 Å². The summed E-state index contributed by atoms with van der Waals surface area (Å²) in [6.45, 7) is -1.11. The second-order valence-corrected chi connectivity index (χ2v) is 4.19. The molecule has 0 aromatic carbocycles. The minimum atomic E-state index is -1.45. The molecule has 114 valence electrons. The average molecular weight is 297 g/mol. The molecule has 1 saturated heterocycles. The minimum Gasteiger partial charge on any atom is -0.548 e. The molecule has 0 bridgehead atoms. The number of hydrogen-bond donors (Lipinski definition) is 1. The molecule has 1 aliphatic heterocycles. The summed E-state index contributed by atoms with van der Waals surface area (Å²) in [5.74, 6) is -4.94. The molecule has 0 atom stereocenters. The molecule has 1 heterocycles. The summed E-state index contributed by atoms with van der Waals surface area (Å²) in [6, 6.07) is -0.749. The van der Waals surface area contributed by atoms with Crippen LogP contribution in [0.3, 0.4) is 0 Å². The van der Waals surface area contributed by atoms with Gasteiger partial charge in [0.15, 0.2) is 5.92 Å². The van der Waals surface area contributed by atoms with Crippen molar-refractivity contribution in [3.8, 4) is 0 Å². The third-order valence-electron chi connectivity index (χ3n) is 2.69. The predicted octanol–water partition coefficient (Wildman–Crippen LogP) is -3.41. The van der Waals surface area contributed by atoms with Crippen LogP contribution in [-0.4, -0.2) is 72.9 Å². The summed E-state index contributed by atoms with van der Waals surface area (Å²) in [4.78, 5) is 61.4. The molecule has 1 rings (SSSR count). The van der Waals surface area contributed by atoms with E-state index in [1.54, 1.807) is 0 Å². The molecule has 0 aromatic rings. The summed E-state index contributed by atoms with van der Waals surface area (Å²) >= 11 is 0. The van der Waals surface area contributed by atoms with E-state index in [9.17, 15) is 29.1 Å². The molecule has 0 unspecified atom stereocenters. The highest BCUT2D eigenvalue weighted by Gasteiger charge is 2.41. The molecular weight excluding hydrogens is 284 g/mol. The topological polar surface area (TPSA) is 139 Å². The van der Waals surface area contributed by atoms with Crippen LogP contribution in [0.2, 0.25) is 0 Å². The number of barbiturate groups is 1. The van der Waals surface area contributed by atoms with E-state index in [0.717, 1.165) is 16.0 Å². The maximum absolute atomic E-state index is 11.8. The van der Waals surface area contributed by atoms with Crippen molar-refractivity contribution in [3.05, 3.63) is 0 Å². The van der Waals surface area contributed by atoms with Crippen molar-refractivity contribution in [2.75, 3.05) is 27.2 Å². The van der Waals surface area contributed by atoms with E-state index in [-0.39, 0.29) is 0 Å². The number of aliphatic imine (C=N–C) groups is 1. The largest absolute Gasteiger partial charge is 0.548 e. The number of nitrogens with one attached hydrogen (secondary N) is 1. The molecule has 10 heteroatoms. The van der Waals surface area contributed by atoms with Crippen LogP contribution in [0.4, 0.5) is 4.79 Å². The van der Waals surface area contributed by atoms with Gasteiger partial charge in [-0.3, -0.25) is 29.2 Å². The van der Waals surface area contributed by atoms with Gasteiger partial charge in [-0.25, -0.2) is 4.79 Å². The van der Waals surface area contributed by atoms with Gasteiger partial charge in [0.2, 0.25) is 17.7 Å². The zero-order valence-electron chi connectivity index (χ0n) is 11.4. The third kappa shape index (κ3) is 3.84. The Morgan fingerprint density at radius 1 is 1.24 bits per heavy atom. The van der Waals surface area contributed by atoms with Crippen LogP contribution in [0.5, 0.6) is 0 Å². The summed E-state index contributed by atoms with van der Waals surface area (Å²) in [5.41, 5.74) is 0. The number of carbonyl (C=O) groups excluding carboxylic acids is 5. The Balaban J connectivity index is 2.64. The van der Waals surface area contributed by atoms with Gasteiger partial charge in [-0.2, -0.15) is 0 Å². The molecule has 5 amide bonds. The van der Waals surface area contributed by atoms with Crippen molar-refractivity contribution in [2.45, 2.75) is 0 Å². The van der Waals surface area contributed by atoms with E-state index in [0.29, 0.717) is 0 Å². The lowest BCUT2D eigenvalue weighted by molar-refractivity contribution is -0.304. The van der Waals surface area contributed by atoms with E-state index in [4.69, 9.17) is 0 Å². The third-order valence-corrected chi connectivity index (χ3v) is 2.69. The Morgan fingerprint density at radius 3 is 2.24 bits per heavy atom. The highest BCUT2D eigenvalue weighted by atomic mass is 16.4. The lowest BCUT2D eigenvalue weighted by Gasteiger charge is -2.31. The Morgan fingerprint density at radius 2 is 1.76 bits per heavy atom. The van der Waals surface area contributed by atoms with Crippen molar-refractivity contribution in [1.29, 1.82) is 0 Å². The molecular formula is C11H13N4O6-. The van der Waals surface area contributed by atoms with Gasteiger partial charge in [-0.05, 0) is 0 Å². The first kappa shape index (κ1) is 16.3. The molecule has 1 N–H and O–H groups in total. The van der Waals surface area contributed by atoms with Gasteiger partial charge in [0, 0.05) is 20.3 Å². The van der Waals surface area contributed by atoms with Crippen LogP contribution in [0.25, 0.3) is 0 Å². The molecule has 21 heavy (non-hydrogen) atoms. The molecule has 10 nitrogen and oxygen atoms in total. The maximum Gasteiger partial charge on any atom is 0.332 e. The molecule has 0 aromatic heterocycles. The summed E-state index contributed by atoms with van der Waals surface area (Å²) < 4.78 is 0. The highest BCUT2D eigenvalue weighted by molar-refractivity contribution is 6.23. The van der Waals surface area contributed by atoms with Crippen LogP contribution in [0, 0.1) is 5.92 Å². The molecule has 1 fully saturated rings.